The molecule has 0 radical (unpaired) electrons. The van der Waals surface area contributed by atoms with Crippen LogP contribution in [0.3, 0.4) is 0 Å². The number of carbonyl (C=O) groups is 1. The summed E-state index contributed by atoms with van der Waals surface area (Å²) in [6, 6.07) is 9.29. The predicted molar refractivity (Wildman–Crippen MR) is 73.7 cm³/mol. The van der Waals surface area contributed by atoms with Crippen molar-refractivity contribution in [3.05, 3.63) is 52.0 Å². The Morgan fingerprint density at radius 3 is 2.78 bits per heavy atom. The molecule has 0 saturated heterocycles. The van der Waals surface area contributed by atoms with Crippen molar-refractivity contribution in [1.29, 1.82) is 0 Å². The van der Waals surface area contributed by atoms with Gasteiger partial charge in [-0.1, -0.05) is 30.3 Å². The van der Waals surface area contributed by atoms with Crippen molar-refractivity contribution in [2.24, 2.45) is 0 Å². The largest absolute Gasteiger partial charge is 0.348 e. The molecule has 0 aliphatic heterocycles. The molecule has 2 rings (SSSR count). The maximum absolute atomic E-state index is 11.9. The Morgan fingerprint density at radius 2 is 2.17 bits per heavy atom. The first-order valence-electron chi connectivity index (χ1n) is 5.54. The van der Waals surface area contributed by atoms with E-state index in [1.807, 2.05) is 42.6 Å². The number of alkyl halides is 1. The third-order valence-electron chi connectivity index (χ3n) is 2.40. The van der Waals surface area contributed by atoms with E-state index in [-0.39, 0.29) is 5.91 Å². The quantitative estimate of drug-likeness (QED) is 0.875. The molecule has 1 N–H and O–H groups in total. The zero-order chi connectivity index (χ0) is 13.0. The normalized spacial score (nSPS) is 12.1. The highest BCUT2D eigenvalue weighted by atomic mass is 35.5. The lowest BCUT2D eigenvalue weighted by Crippen LogP contribution is -2.26. The second-order valence-electron chi connectivity index (χ2n) is 3.87. The van der Waals surface area contributed by atoms with E-state index in [2.05, 4.69) is 10.3 Å². The molecule has 0 saturated carbocycles. The van der Waals surface area contributed by atoms with E-state index in [9.17, 15) is 4.79 Å². The van der Waals surface area contributed by atoms with Gasteiger partial charge in [-0.05, 0) is 12.5 Å². The van der Waals surface area contributed by atoms with Gasteiger partial charge in [-0.2, -0.15) is 0 Å². The summed E-state index contributed by atoms with van der Waals surface area (Å²) in [6.45, 7) is 2.35. The molecule has 2 aromatic rings. The van der Waals surface area contributed by atoms with Gasteiger partial charge in [-0.25, -0.2) is 4.98 Å². The average molecular weight is 281 g/mol. The van der Waals surface area contributed by atoms with Crippen molar-refractivity contribution in [2.45, 2.75) is 18.8 Å². The first kappa shape index (κ1) is 13.1. The Labute approximate surface area is 115 Å². The molecule has 5 heteroatoms. The molecule has 1 atom stereocenters. The second-order valence-corrected chi connectivity index (χ2v) is 5.25. The van der Waals surface area contributed by atoms with Crippen LogP contribution in [-0.2, 0) is 11.3 Å². The summed E-state index contributed by atoms with van der Waals surface area (Å²) in [5, 5.41) is 4.97. The number of nitrogens with zero attached hydrogens (tertiary/aromatic N) is 1. The van der Waals surface area contributed by atoms with Gasteiger partial charge in [0.25, 0.3) is 0 Å². The zero-order valence-corrected chi connectivity index (χ0v) is 11.5. The maximum atomic E-state index is 11.9. The molecule has 1 aromatic heterocycles. The monoisotopic (exact) mass is 280 g/mol. The number of thiazole rings is 1. The van der Waals surface area contributed by atoms with Crippen LogP contribution in [0.15, 0.2) is 35.7 Å². The highest BCUT2D eigenvalue weighted by Crippen LogP contribution is 2.20. The minimum atomic E-state index is -0.660. The Hall–Kier alpha value is -1.39. The van der Waals surface area contributed by atoms with Gasteiger partial charge in [-0.3, -0.25) is 4.79 Å². The lowest BCUT2D eigenvalue weighted by molar-refractivity contribution is -0.121. The number of amides is 1. The van der Waals surface area contributed by atoms with Gasteiger partial charge in [-0.15, -0.1) is 22.9 Å². The highest BCUT2D eigenvalue weighted by molar-refractivity contribution is 7.09. The topological polar surface area (TPSA) is 42.0 Å². The van der Waals surface area contributed by atoms with Crippen LogP contribution >= 0.6 is 22.9 Å². The SMILES string of the molecule is Cc1csc(CNC(=O)C(Cl)c2ccccc2)n1. The first-order chi connectivity index (χ1) is 8.66. The number of hydrogen-bond donors (Lipinski definition) is 1. The van der Waals surface area contributed by atoms with Gasteiger partial charge < -0.3 is 5.32 Å². The summed E-state index contributed by atoms with van der Waals surface area (Å²) in [4.78, 5) is 16.1. The van der Waals surface area contributed by atoms with Crippen LogP contribution < -0.4 is 5.32 Å². The standard InChI is InChI=1S/C13H13ClN2OS/c1-9-8-18-11(16-9)7-15-13(17)12(14)10-5-3-2-4-6-10/h2-6,8,12H,7H2,1H3,(H,15,17). The number of aryl methyl sites for hydroxylation is 1. The van der Waals surface area contributed by atoms with E-state index >= 15 is 0 Å². The number of nitrogens with one attached hydrogen (secondary N) is 1. The molecule has 1 amide bonds. The fourth-order valence-corrected chi connectivity index (χ4v) is 2.44. The van der Waals surface area contributed by atoms with Crippen LogP contribution in [-0.4, -0.2) is 10.9 Å². The van der Waals surface area contributed by atoms with Crippen molar-refractivity contribution in [1.82, 2.24) is 10.3 Å². The summed E-state index contributed by atoms with van der Waals surface area (Å²) in [6.07, 6.45) is 0. The van der Waals surface area contributed by atoms with Crippen molar-refractivity contribution >= 4 is 28.8 Å². The summed E-state index contributed by atoms with van der Waals surface area (Å²) < 4.78 is 0. The van der Waals surface area contributed by atoms with E-state index in [0.29, 0.717) is 6.54 Å². The Balaban J connectivity index is 1.92. The summed E-state index contributed by atoms with van der Waals surface area (Å²) >= 11 is 7.63. The fourth-order valence-electron chi connectivity index (χ4n) is 1.51. The molecule has 1 heterocycles. The number of aromatic nitrogens is 1. The van der Waals surface area contributed by atoms with Gasteiger partial charge in [0, 0.05) is 11.1 Å². The summed E-state index contributed by atoms with van der Waals surface area (Å²) in [5.41, 5.74) is 1.77. The minimum absolute atomic E-state index is 0.198. The lowest BCUT2D eigenvalue weighted by Gasteiger charge is -2.09. The summed E-state index contributed by atoms with van der Waals surface area (Å²) in [7, 11) is 0. The number of rotatable bonds is 4. The molecule has 0 spiro atoms. The molecular formula is C13H13ClN2OS. The molecule has 18 heavy (non-hydrogen) atoms. The molecular weight excluding hydrogens is 268 g/mol. The zero-order valence-electron chi connectivity index (χ0n) is 9.89. The Kier molecular flexibility index (Phi) is 4.33. The third-order valence-corrected chi connectivity index (χ3v) is 3.82. The van der Waals surface area contributed by atoms with Crippen molar-refractivity contribution in [3.8, 4) is 0 Å². The van der Waals surface area contributed by atoms with E-state index < -0.39 is 5.38 Å². The van der Waals surface area contributed by atoms with E-state index in [4.69, 9.17) is 11.6 Å². The van der Waals surface area contributed by atoms with Crippen LogP contribution in [0.1, 0.15) is 21.6 Å². The molecule has 94 valence electrons. The van der Waals surface area contributed by atoms with Gasteiger partial charge >= 0.3 is 0 Å². The average Bonchev–Trinajstić information content (AvgIpc) is 2.82. The molecule has 0 fully saturated rings. The maximum Gasteiger partial charge on any atom is 0.242 e. The molecule has 0 aliphatic rings. The predicted octanol–water partition coefficient (Wildman–Crippen LogP) is 3.05. The van der Waals surface area contributed by atoms with Gasteiger partial charge in [0.15, 0.2) is 0 Å². The van der Waals surface area contributed by atoms with Crippen molar-refractivity contribution < 1.29 is 4.79 Å². The van der Waals surface area contributed by atoms with E-state index in [0.717, 1.165) is 16.3 Å². The third kappa shape index (κ3) is 3.31. The van der Waals surface area contributed by atoms with Crippen LogP contribution in [0.5, 0.6) is 0 Å². The smallest absolute Gasteiger partial charge is 0.242 e. The van der Waals surface area contributed by atoms with Gasteiger partial charge in [0.2, 0.25) is 5.91 Å². The summed E-state index contributed by atoms with van der Waals surface area (Å²) in [5.74, 6) is -0.198. The second kappa shape index (κ2) is 5.98. The van der Waals surface area contributed by atoms with Crippen LogP contribution in [0.2, 0.25) is 0 Å². The van der Waals surface area contributed by atoms with E-state index in [1.165, 1.54) is 11.3 Å². The molecule has 1 aromatic carbocycles. The van der Waals surface area contributed by atoms with Crippen LogP contribution in [0.4, 0.5) is 0 Å². The molecule has 0 aliphatic carbocycles. The highest BCUT2D eigenvalue weighted by Gasteiger charge is 2.17. The Bertz CT molecular complexity index is 527. The van der Waals surface area contributed by atoms with Crippen molar-refractivity contribution in [2.75, 3.05) is 0 Å². The van der Waals surface area contributed by atoms with Gasteiger partial charge in [0.1, 0.15) is 10.4 Å². The van der Waals surface area contributed by atoms with Crippen LogP contribution in [0.25, 0.3) is 0 Å². The number of benzene rings is 1. The van der Waals surface area contributed by atoms with Crippen LogP contribution in [0, 0.1) is 6.92 Å². The minimum Gasteiger partial charge on any atom is -0.348 e. The number of hydrogen-bond acceptors (Lipinski definition) is 3. The first-order valence-corrected chi connectivity index (χ1v) is 6.86. The molecule has 1 unspecified atom stereocenters. The van der Waals surface area contributed by atoms with E-state index in [1.54, 1.807) is 0 Å². The number of halogens is 1. The lowest BCUT2D eigenvalue weighted by atomic mass is 10.1. The Morgan fingerprint density at radius 1 is 1.44 bits per heavy atom. The van der Waals surface area contributed by atoms with Crippen molar-refractivity contribution in [3.63, 3.8) is 0 Å². The fraction of sp³-hybridized carbons (Fsp3) is 0.231. The molecule has 3 nitrogen and oxygen atoms in total. The number of carbonyl (C=O) groups excluding carboxylic acids is 1. The molecule has 0 bridgehead atoms. The van der Waals surface area contributed by atoms with Gasteiger partial charge in [0.05, 0.1) is 6.54 Å².